The maximum absolute atomic E-state index is 13.3. The third-order valence-corrected chi connectivity index (χ3v) is 4.23. The van der Waals surface area contributed by atoms with Gasteiger partial charge in [-0.3, -0.25) is 9.67 Å². The Balaban J connectivity index is 1.89. The summed E-state index contributed by atoms with van der Waals surface area (Å²) in [6.07, 6.45) is -3.65. The summed E-state index contributed by atoms with van der Waals surface area (Å²) in [6.45, 7) is 5.31. The lowest BCUT2D eigenvalue weighted by Crippen LogP contribution is -2.38. The van der Waals surface area contributed by atoms with Gasteiger partial charge in [-0.1, -0.05) is 6.07 Å². The van der Waals surface area contributed by atoms with Crippen LogP contribution in [0.5, 0.6) is 5.75 Å². The highest BCUT2D eigenvalue weighted by Gasteiger charge is 2.33. The second-order valence-electron chi connectivity index (χ2n) is 6.38. The van der Waals surface area contributed by atoms with Crippen LogP contribution >= 0.6 is 0 Å². The van der Waals surface area contributed by atoms with Gasteiger partial charge >= 0.3 is 6.18 Å². The lowest BCUT2D eigenvalue weighted by molar-refractivity contribution is -0.138. The third kappa shape index (κ3) is 5.90. The van der Waals surface area contributed by atoms with Crippen LogP contribution in [0.1, 0.15) is 28.9 Å². The molecule has 0 aliphatic carbocycles. The number of aryl methyl sites for hydroxylation is 3. The van der Waals surface area contributed by atoms with E-state index in [2.05, 4.69) is 20.7 Å². The summed E-state index contributed by atoms with van der Waals surface area (Å²) in [6, 6.07) is 5.93. The first-order valence-corrected chi connectivity index (χ1v) is 8.94. The van der Waals surface area contributed by atoms with Crippen molar-refractivity contribution in [3.05, 3.63) is 46.8 Å². The average molecular weight is 397 g/mol. The molecular formula is C19H26F3N5O. The second-order valence-corrected chi connectivity index (χ2v) is 6.38. The van der Waals surface area contributed by atoms with Crippen molar-refractivity contribution >= 4 is 5.96 Å². The van der Waals surface area contributed by atoms with Crippen molar-refractivity contribution in [2.75, 3.05) is 20.7 Å². The molecule has 0 radical (unpaired) electrons. The van der Waals surface area contributed by atoms with E-state index in [0.717, 1.165) is 30.4 Å². The largest absolute Gasteiger partial charge is 0.497 e. The number of aliphatic imine (C=N–C) groups is 1. The summed E-state index contributed by atoms with van der Waals surface area (Å²) in [4.78, 5) is 4.06. The van der Waals surface area contributed by atoms with Gasteiger partial charge in [0.25, 0.3) is 0 Å². The molecule has 0 unspecified atom stereocenters. The lowest BCUT2D eigenvalue weighted by Gasteiger charge is -2.16. The number of methoxy groups -OCH3 is 1. The summed E-state index contributed by atoms with van der Waals surface area (Å²) in [7, 11) is 2.92. The van der Waals surface area contributed by atoms with E-state index in [9.17, 15) is 13.2 Å². The Morgan fingerprint density at radius 2 is 1.96 bits per heavy atom. The van der Waals surface area contributed by atoms with Gasteiger partial charge in [0.2, 0.25) is 0 Å². The summed E-state index contributed by atoms with van der Waals surface area (Å²) < 4.78 is 46.7. The first-order valence-electron chi connectivity index (χ1n) is 8.94. The predicted molar refractivity (Wildman–Crippen MR) is 103 cm³/mol. The smallest absolute Gasteiger partial charge is 0.416 e. The Morgan fingerprint density at radius 3 is 2.54 bits per heavy atom. The van der Waals surface area contributed by atoms with E-state index in [1.54, 1.807) is 7.05 Å². The summed E-state index contributed by atoms with van der Waals surface area (Å²) in [5.74, 6) is 0.611. The minimum Gasteiger partial charge on any atom is -0.497 e. The number of hydrogen-bond acceptors (Lipinski definition) is 3. The molecule has 1 aromatic carbocycles. The van der Waals surface area contributed by atoms with Crippen LogP contribution in [-0.4, -0.2) is 36.4 Å². The van der Waals surface area contributed by atoms with Crippen molar-refractivity contribution in [1.29, 1.82) is 0 Å². The zero-order chi connectivity index (χ0) is 20.7. The Kier molecular flexibility index (Phi) is 7.31. The standard InChI is InChI=1S/C19H26F3N5O/c1-13-10-14(2)27(26-13)9-5-8-24-18(23-3)25-12-15-6-7-16(28-4)11-17(15)19(20,21)22/h6-7,10-11H,5,8-9,12H2,1-4H3,(H2,23,24,25). The van der Waals surface area contributed by atoms with Crippen LogP contribution in [0.2, 0.25) is 0 Å². The molecule has 28 heavy (non-hydrogen) atoms. The normalized spacial score (nSPS) is 12.2. The topological polar surface area (TPSA) is 63.5 Å². The Labute approximate surface area is 162 Å². The van der Waals surface area contributed by atoms with Crippen LogP contribution in [0.15, 0.2) is 29.3 Å². The molecule has 0 bridgehead atoms. The number of rotatable bonds is 7. The maximum atomic E-state index is 13.3. The Bertz CT molecular complexity index is 814. The van der Waals surface area contributed by atoms with Crippen molar-refractivity contribution in [1.82, 2.24) is 20.4 Å². The van der Waals surface area contributed by atoms with Gasteiger partial charge < -0.3 is 15.4 Å². The first-order chi connectivity index (χ1) is 13.2. The van der Waals surface area contributed by atoms with Gasteiger partial charge in [-0.15, -0.1) is 0 Å². The molecule has 154 valence electrons. The molecule has 1 aromatic heterocycles. The summed E-state index contributed by atoms with van der Waals surface area (Å²) in [5, 5.41) is 10.4. The first kappa shape index (κ1) is 21.6. The van der Waals surface area contributed by atoms with Gasteiger partial charge in [0.15, 0.2) is 5.96 Å². The second kappa shape index (κ2) is 9.48. The summed E-state index contributed by atoms with van der Waals surface area (Å²) >= 11 is 0. The number of nitrogens with one attached hydrogen (secondary N) is 2. The van der Waals surface area contributed by atoms with Crippen molar-refractivity contribution in [2.24, 2.45) is 4.99 Å². The van der Waals surface area contributed by atoms with Crippen molar-refractivity contribution in [3.8, 4) is 5.75 Å². The molecule has 0 spiro atoms. The van der Waals surface area contributed by atoms with Gasteiger partial charge in [0.1, 0.15) is 5.75 Å². The van der Waals surface area contributed by atoms with Crippen LogP contribution in [0.25, 0.3) is 0 Å². The highest BCUT2D eigenvalue weighted by atomic mass is 19.4. The highest BCUT2D eigenvalue weighted by molar-refractivity contribution is 5.79. The molecule has 0 aliphatic rings. The van der Waals surface area contributed by atoms with Gasteiger partial charge in [-0.2, -0.15) is 18.3 Å². The third-order valence-electron chi connectivity index (χ3n) is 4.23. The molecular weight excluding hydrogens is 371 g/mol. The van der Waals surface area contributed by atoms with Crippen LogP contribution in [-0.2, 0) is 19.3 Å². The van der Waals surface area contributed by atoms with E-state index < -0.39 is 11.7 Å². The molecule has 0 atom stereocenters. The number of benzene rings is 1. The molecule has 2 N–H and O–H groups in total. The number of alkyl halides is 3. The molecule has 2 aromatic rings. The number of guanidine groups is 1. The fourth-order valence-electron chi connectivity index (χ4n) is 2.84. The number of nitrogens with zero attached hydrogens (tertiary/aromatic N) is 3. The van der Waals surface area contributed by atoms with Gasteiger partial charge in [-0.25, -0.2) is 0 Å². The fourth-order valence-corrected chi connectivity index (χ4v) is 2.84. The molecule has 0 fully saturated rings. The molecule has 0 aliphatic heterocycles. The molecule has 0 saturated heterocycles. The molecule has 9 heteroatoms. The van der Waals surface area contributed by atoms with E-state index in [-0.39, 0.29) is 17.9 Å². The maximum Gasteiger partial charge on any atom is 0.416 e. The summed E-state index contributed by atoms with van der Waals surface area (Å²) in [5.41, 5.74) is 1.47. The molecule has 6 nitrogen and oxygen atoms in total. The van der Waals surface area contributed by atoms with Crippen LogP contribution < -0.4 is 15.4 Å². The number of aromatic nitrogens is 2. The Hall–Kier alpha value is -2.71. The van der Waals surface area contributed by atoms with E-state index in [0.29, 0.717) is 12.5 Å². The van der Waals surface area contributed by atoms with Crippen LogP contribution in [0, 0.1) is 13.8 Å². The monoisotopic (exact) mass is 397 g/mol. The number of hydrogen-bond donors (Lipinski definition) is 2. The van der Waals surface area contributed by atoms with E-state index in [4.69, 9.17) is 4.74 Å². The van der Waals surface area contributed by atoms with Crippen molar-refractivity contribution in [3.63, 3.8) is 0 Å². The van der Waals surface area contributed by atoms with Crippen molar-refractivity contribution < 1.29 is 17.9 Å². The van der Waals surface area contributed by atoms with Crippen LogP contribution in [0.3, 0.4) is 0 Å². The fraction of sp³-hybridized carbons (Fsp3) is 0.474. The van der Waals surface area contributed by atoms with E-state index in [1.165, 1.54) is 19.2 Å². The molecule has 1 heterocycles. The predicted octanol–water partition coefficient (Wildman–Crippen LogP) is 3.28. The minimum absolute atomic E-state index is 0.00400. The van der Waals surface area contributed by atoms with E-state index >= 15 is 0 Å². The molecule has 0 amide bonds. The highest BCUT2D eigenvalue weighted by Crippen LogP contribution is 2.34. The number of ether oxygens (including phenoxy) is 1. The number of halogens is 3. The minimum atomic E-state index is -4.46. The van der Waals surface area contributed by atoms with Crippen molar-refractivity contribution in [2.45, 2.75) is 39.5 Å². The van der Waals surface area contributed by atoms with Gasteiger partial charge in [0, 0.05) is 32.4 Å². The SMILES string of the molecule is CN=C(NCCCn1nc(C)cc1C)NCc1ccc(OC)cc1C(F)(F)F. The zero-order valence-corrected chi connectivity index (χ0v) is 16.5. The van der Waals surface area contributed by atoms with Crippen LogP contribution in [0.4, 0.5) is 13.2 Å². The Morgan fingerprint density at radius 1 is 1.21 bits per heavy atom. The van der Waals surface area contributed by atoms with Gasteiger partial charge in [-0.05, 0) is 44.0 Å². The quantitative estimate of drug-likeness (QED) is 0.428. The average Bonchev–Trinajstić information content (AvgIpc) is 2.97. The lowest BCUT2D eigenvalue weighted by atomic mass is 10.1. The van der Waals surface area contributed by atoms with Gasteiger partial charge in [0.05, 0.1) is 18.4 Å². The molecule has 0 saturated carbocycles. The zero-order valence-electron chi connectivity index (χ0n) is 16.5. The van der Waals surface area contributed by atoms with E-state index in [1.807, 2.05) is 24.6 Å². The molecule has 2 rings (SSSR count).